The molecule has 0 aliphatic rings. The molecule has 0 radical (unpaired) electrons. The zero-order valence-corrected chi connectivity index (χ0v) is 12.3. The van der Waals surface area contributed by atoms with E-state index in [1.165, 1.54) is 0 Å². The van der Waals surface area contributed by atoms with E-state index in [0.29, 0.717) is 5.69 Å². The first kappa shape index (κ1) is 14.1. The second-order valence-corrected chi connectivity index (χ2v) is 4.97. The van der Waals surface area contributed by atoms with Gasteiger partial charge in [0, 0.05) is 17.3 Å². The Kier molecular flexibility index (Phi) is 4.01. The number of anilines is 2. The van der Waals surface area contributed by atoms with Crippen molar-refractivity contribution in [1.82, 2.24) is 4.98 Å². The summed E-state index contributed by atoms with van der Waals surface area (Å²) in [5.41, 5.74) is 3.41. The topological polar surface area (TPSA) is 54.0 Å². The standard InChI is InChI=1S/C18H17N3O/c1-2-13-7-3-4-10-15(13)20-18(22)21-16-11-5-8-14-9-6-12-19-17(14)16/h3-12H,2H2,1H3,(H2,20,21,22). The van der Waals surface area contributed by atoms with Crippen LogP contribution in [0.15, 0.2) is 60.8 Å². The van der Waals surface area contributed by atoms with Crippen molar-refractivity contribution in [2.24, 2.45) is 0 Å². The third-order valence-corrected chi connectivity index (χ3v) is 3.53. The number of benzene rings is 2. The highest BCUT2D eigenvalue weighted by Gasteiger charge is 2.08. The lowest BCUT2D eigenvalue weighted by molar-refractivity contribution is 0.262. The molecule has 0 spiro atoms. The maximum absolute atomic E-state index is 12.2. The van der Waals surface area contributed by atoms with Crippen LogP contribution in [0.3, 0.4) is 0 Å². The van der Waals surface area contributed by atoms with Gasteiger partial charge in [-0.25, -0.2) is 4.79 Å². The number of hydrogen-bond donors (Lipinski definition) is 2. The summed E-state index contributed by atoms with van der Waals surface area (Å²) in [6.07, 6.45) is 2.59. The molecule has 0 saturated carbocycles. The minimum atomic E-state index is -0.265. The highest BCUT2D eigenvalue weighted by Crippen LogP contribution is 2.21. The fourth-order valence-corrected chi connectivity index (χ4v) is 2.43. The predicted molar refractivity (Wildman–Crippen MR) is 90.2 cm³/mol. The van der Waals surface area contributed by atoms with Crippen LogP contribution in [0.25, 0.3) is 10.9 Å². The van der Waals surface area contributed by atoms with E-state index in [2.05, 4.69) is 22.5 Å². The fraction of sp³-hybridized carbons (Fsp3) is 0.111. The largest absolute Gasteiger partial charge is 0.323 e. The van der Waals surface area contributed by atoms with Crippen LogP contribution < -0.4 is 10.6 Å². The third kappa shape index (κ3) is 2.91. The number of amides is 2. The number of carbonyl (C=O) groups is 1. The van der Waals surface area contributed by atoms with Crippen LogP contribution in [-0.4, -0.2) is 11.0 Å². The van der Waals surface area contributed by atoms with E-state index in [9.17, 15) is 4.79 Å². The van der Waals surface area contributed by atoms with E-state index in [4.69, 9.17) is 0 Å². The van der Waals surface area contributed by atoms with Crippen molar-refractivity contribution in [3.63, 3.8) is 0 Å². The summed E-state index contributed by atoms with van der Waals surface area (Å²) >= 11 is 0. The number of carbonyl (C=O) groups excluding carboxylic acids is 1. The average Bonchev–Trinajstić information content (AvgIpc) is 2.55. The van der Waals surface area contributed by atoms with E-state index in [-0.39, 0.29) is 6.03 Å². The van der Waals surface area contributed by atoms with Crippen molar-refractivity contribution in [3.05, 3.63) is 66.4 Å². The molecule has 1 aromatic heterocycles. The molecule has 3 aromatic rings. The zero-order valence-electron chi connectivity index (χ0n) is 12.3. The predicted octanol–water partition coefficient (Wildman–Crippen LogP) is 4.44. The Morgan fingerprint density at radius 1 is 0.955 bits per heavy atom. The second-order valence-electron chi connectivity index (χ2n) is 4.97. The Hall–Kier alpha value is -2.88. The van der Waals surface area contributed by atoms with Crippen molar-refractivity contribution >= 4 is 28.3 Å². The van der Waals surface area contributed by atoms with E-state index >= 15 is 0 Å². The number of urea groups is 1. The normalized spacial score (nSPS) is 10.4. The van der Waals surface area contributed by atoms with Gasteiger partial charge < -0.3 is 10.6 Å². The quantitative estimate of drug-likeness (QED) is 0.749. The molecular weight excluding hydrogens is 274 g/mol. The molecule has 0 aliphatic heterocycles. The monoisotopic (exact) mass is 291 g/mol. The van der Waals surface area contributed by atoms with Crippen molar-refractivity contribution < 1.29 is 4.79 Å². The highest BCUT2D eigenvalue weighted by molar-refractivity contribution is 6.05. The number of rotatable bonds is 3. The molecule has 0 saturated heterocycles. The number of nitrogens with one attached hydrogen (secondary N) is 2. The maximum Gasteiger partial charge on any atom is 0.323 e. The minimum Gasteiger partial charge on any atom is -0.307 e. The van der Waals surface area contributed by atoms with Gasteiger partial charge in [-0.3, -0.25) is 4.98 Å². The molecule has 4 nitrogen and oxygen atoms in total. The summed E-state index contributed by atoms with van der Waals surface area (Å²) in [6.45, 7) is 2.06. The summed E-state index contributed by atoms with van der Waals surface area (Å²) < 4.78 is 0. The van der Waals surface area contributed by atoms with Gasteiger partial charge in [0.05, 0.1) is 11.2 Å². The summed E-state index contributed by atoms with van der Waals surface area (Å²) in [7, 11) is 0. The van der Waals surface area contributed by atoms with Gasteiger partial charge in [0.2, 0.25) is 0 Å². The first-order valence-corrected chi connectivity index (χ1v) is 7.27. The van der Waals surface area contributed by atoms with Crippen LogP contribution in [-0.2, 0) is 6.42 Å². The second kappa shape index (κ2) is 6.26. The highest BCUT2D eigenvalue weighted by atomic mass is 16.2. The van der Waals surface area contributed by atoms with Gasteiger partial charge in [0.25, 0.3) is 0 Å². The van der Waals surface area contributed by atoms with Crippen molar-refractivity contribution in [3.8, 4) is 0 Å². The molecule has 3 rings (SSSR count). The molecular formula is C18H17N3O. The van der Waals surface area contributed by atoms with Gasteiger partial charge in [-0.15, -0.1) is 0 Å². The molecule has 0 fully saturated rings. The molecule has 4 heteroatoms. The number of para-hydroxylation sites is 2. The molecule has 0 unspecified atom stereocenters. The van der Waals surface area contributed by atoms with Gasteiger partial charge in [0.15, 0.2) is 0 Å². The Balaban J connectivity index is 1.82. The van der Waals surface area contributed by atoms with Crippen molar-refractivity contribution in [2.45, 2.75) is 13.3 Å². The molecule has 0 bridgehead atoms. The maximum atomic E-state index is 12.2. The van der Waals surface area contributed by atoms with Gasteiger partial charge in [-0.05, 0) is 30.2 Å². The Bertz CT molecular complexity index is 809. The lowest BCUT2D eigenvalue weighted by Crippen LogP contribution is -2.20. The van der Waals surface area contributed by atoms with Crippen LogP contribution in [0.1, 0.15) is 12.5 Å². The van der Waals surface area contributed by atoms with Crippen LogP contribution in [0, 0.1) is 0 Å². The number of pyridine rings is 1. The zero-order chi connectivity index (χ0) is 15.4. The van der Waals surface area contributed by atoms with E-state index in [0.717, 1.165) is 28.6 Å². The summed E-state index contributed by atoms with van der Waals surface area (Å²) in [6, 6.07) is 17.1. The number of aryl methyl sites for hydroxylation is 1. The number of hydrogen-bond acceptors (Lipinski definition) is 2. The van der Waals surface area contributed by atoms with Gasteiger partial charge >= 0.3 is 6.03 Å². The van der Waals surface area contributed by atoms with Gasteiger partial charge in [-0.2, -0.15) is 0 Å². The van der Waals surface area contributed by atoms with Gasteiger partial charge in [-0.1, -0.05) is 43.3 Å². The molecule has 22 heavy (non-hydrogen) atoms. The van der Waals surface area contributed by atoms with E-state index < -0.39 is 0 Å². The van der Waals surface area contributed by atoms with E-state index in [1.54, 1.807) is 6.20 Å². The van der Waals surface area contributed by atoms with Crippen LogP contribution >= 0.6 is 0 Å². The third-order valence-electron chi connectivity index (χ3n) is 3.53. The van der Waals surface area contributed by atoms with E-state index in [1.807, 2.05) is 54.6 Å². The molecule has 2 N–H and O–H groups in total. The summed E-state index contributed by atoms with van der Waals surface area (Å²) in [5, 5.41) is 6.76. The van der Waals surface area contributed by atoms with Crippen LogP contribution in [0.5, 0.6) is 0 Å². The summed E-state index contributed by atoms with van der Waals surface area (Å²) in [5.74, 6) is 0. The minimum absolute atomic E-state index is 0.265. The molecule has 2 amide bonds. The summed E-state index contributed by atoms with van der Waals surface area (Å²) in [4.78, 5) is 16.6. The van der Waals surface area contributed by atoms with Gasteiger partial charge in [0.1, 0.15) is 0 Å². The molecule has 0 aliphatic carbocycles. The fourth-order valence-electron chi connectivity index (χ4n) is 2.43. The molecule has 1 heterocycles. The molecule has 110 valence electrons. The number of nitrogens with zero attached hydrogens (tertiary/aromatic N) is 1. The first-order valence-electron chi connectivity index (χ1n) is 7.27. The van der Waals surface area contributed by atoms with Crippen LogP contribution in [0.4, 0.5) is 16.2 Å². The Morgan fingerprint density at radius 3 is 2.55 bits per heavy atom. The number of fused-ring (bicyclic) bond motifs is 1. The smallest absolute Gasteiger partial charge is 0.307 e. The van der Waals surface area contributed by atoms with Crippen molar-refractivity contribution in [2.75, 3.05) is 10.6 Å². The lowest BCUT2D eigenvalue weighted by Gasteiger charge is -2.12. The molecule has 2 aromatic carbocycles. The SMILES string of the molecule is CCc1ccccc1NC(=O)Nc1cccc2cccnc12. The average molecular weight is 291 g/mol. The Morgan fingerprint density at radius 2 is 1.68 bits per heavy atom. The Labute approximate surface area is 129 Å². The number of aromatic nitrogens is 1. The van der Waals surface area contributed by atoms with Crippen molar-refractivity contribution in [1.29, 1.82) is 0 Å². The molecule has 0 atom stereocenters. The first-order chi connectivity index (χ1) is 10.8. The lowest BCUT2D eigenvalue weighted by atomic mass is 10.1. The van der Waals surface area contributed by atoms with Crippen LogP contribution in [0.2, 0.25) is 0 Å².